The molecule has 2 aromatic rings. The molecule has 1 saturated heterocycles. The molecule has 1 N–H and O–H groups in total. The molecule has 1 aromatic carbocycles. The van der Waals surface area contributed by atoms with Crippen LogP contribution in [0.15, 0.2) is 41.3 Å². The second-order valence-electron chi connectivity index (χ2n) is 9.94. The number of carbonyl (C=O) groups excluding carboxylic acids is 1. The van der Waals surface area contributed by atoms with Gasteiger partial charge in [-0.05, 0) is 59.1 Å². The molecule has 2 heterocycles. The van der Waals surface area contributed by atoms with Gasteiger partial charge in [-0.1, -0.05) is 25.1 Å². The van der Waals surface area contributed by atoms with Crippen LogP contribution < -0.4 is 11.0 Å². The van der Waals surface area contributed by atoms with Gasteiger partial charge in [0.25, 0.3) is 14.4 Å². The molecule has 38 heavy (non-hydrogen) atoms. The van der Waals surface area contributed by atoms with Crippen molar-refractivity contribution in [2.24, 2.45) is 5.92 Å². The first-order valence-electron chi connectivity index (χ1n) is 12.9. The van der Waals surface area contributed by atoms with Gasteiger partial charge in [-0.15, -0.1) is 0 Å². The minimum Gasteiger partial charge on any atom is -0.352 e. The van der Waals surface area contributed by atoms with Crippen molar-refractivity contribution in [1.82, 2.24) is 14.2 Å². The molecule has 1 fully saturated rings. The highest BCUT2D eigenvalue weighted by Gasteiger charge is 2.36. The lowest BCUT2D eigenvalue weighted by Gasteiger charge is -2.36. The lowest BCUT2D eigenvalue weighted by atomic mass is 10.0. The summed E-state index contributed by atoms with van der Waals surface area (Å²) in [7, 11) is -1.37. The fourth-order valence-electron chi connectivity index (χ4n) is 4.36. The van der Waals surface area contributed by atoms with Gasteiger partial charge in [0.2, 0.25) is 6.54 Å². The van der Waals surface area contributed by atoms with Gasteiger partial charge in [-0.25, -0.2) is 16.0 Å². The molecule has 10 nitrogen and oxygen atoms in total. The van der Waals surface area contributed by atoms with Crippen molar-refractivity contribution in [3.8, 4) is 0 Å². The van der Waals surface area contributed by atoms with E-state index in [9.17, 15) is 9.59 Å². The normalized spacial score (nSPS) is 20.2. The van der Waals surface area contributed by atoms with E-state index in [0.29, 0.717) is 30.8 Å². The minimum absolute atomic E-state index is 0.135. The molecule has 1 aliphatic rings. The number of nitrogens with one attached hydrogen (secondary N) is 1. The van der Waals surface area contributed by atoms with E-state index in [4.69, 9.17) is 20.4 Å². The Bertz CT molecular complexity index is 1160. The first-order valence-corrected chi connectivity index (χ1v) is 14.0. The summed E-state index contributed by atoms with van der Waals surface area (Å²) in [5, 5.41) is 2.73. The molecule has 0 saturated carbocycles. The molecule has 0 spiro atoms. The number of hydrogen-bond acceptors (Lipinski definition) is 7. The zero-order valence-electron chi connectivity index (χ0n) is 23.0. The zero-order chi connectivity index (χ0) is 27.8. The number of nitrogens with zero attached hydrogens (tertiary/aromatic N) is 4. The van der Waals surface area contributed by atoms with Gasteiger partial charge in [0.05, 0.1) is 12.7 Å². The quantitative estimate of drug-likeness (QED) is 0.228. The minimum atomic E-state index is -1.37. The SMILES string of the molecule is [C-]#[N+]CCOP(OC[C@H]1O[C@@H](n2cc(C)c(NC(=O)c3ccccc3)nc2=O)C[C@@H]1C)N(C(C)C)C(C)C. The van der Waals surface area contributed by atoms with Crippen LogP contribution in [0, 0.1) is 19.4 Å². The predicted molar refractivity (Wildman–Crippen MR) is 148 cm³/mol. The summed E-state index contributed by atoms with van der Waals surface area (Å²) in [6.45, 7) is 20.2. The molecule has 206 valence electrons. The molecule has 1 aliphatic heterocycles. The fourth-order valence-corrected chi connectivity index (χ4v) is 5.97. The van der Waals surface area contributed by atoms with Crippen molar-refractivity contribution in [2.75, 3.05) is 25.1 Å². The lowest BCUT2D eigenvalue weighted by Crippen LogP contribution is -2.34. The molecule has 0 aliphatic carbocycles. The van der Waals surface area contributed by atoms with Crippen LogP contribution in [-0.2, 0) is 13.8 Å². The Balaban J connectivity index is 1.68. The van der Waals surface area contributed by atoms with Crippen molar-refractivity contribution >= 4 is 20.3 Å². The Morgan fingerprint density at radius 3 is 2.58 bits per heavy atom. The van der Waals surface area contributed by atoms with Crippen LogP contribution in [0.3, 0.4) is 0 Å². The van der Waals surface area contributed by atoms with E-state index in [2.05, 4.69) is 54.4 Å². The van der Waals surface area contributed by atoms with Crippen molar-refractivity contribution in [3.05, 3.63) is 69.6 Å². The molecule has 11 heteroatoms. The molecule has 1 amide bonds. The van der Waals surface area contributed by atoms with E-state index in [1.807, 2.05) is 6.07 Å². The maximum Gasteiger partial charge on any atom is 0.351 e. The van der Waals surface area contributed by atoms with E-state index < -0.39 is 20.4 Å². The second kappa shape index (κ2) is 13.9. The summed E-state index contributed by atoms with van der Waals surface area (Å²) < 4.78 is 22.2. The number of amides is 1. The highest BCUT2D eigenvalue weighted by Crippen LogP contribution is 2.47. The molecule has 4 atom stereocenters. The van der Waals surface area contributed by atoms with Crippen molar-refractivity contribution in [3.63, 3.8) is 0 Å². The Labute approximate surface area is 226 Å². The summed E-state index contributed by atoms with van der Waals surface area (Å²) in [6.07, 6.45) is 1.58. The zero-order valence-corrected chi connectivity index (χ0v) is 23.9. The molecule has 0 bridgehead atoms. The van der Waals surface area contributed by atoms with Crippen molar-refractivity contribution in [2.45, 2.75) is 72.4 Å². The number of aryl methyl sites for hydroxylation is 1. The number of carbonyl (C=O) groups is 1. The van der Waals surface area contributed by atoms with E-state index >= 15 is 0 Å². The van der Waals surface area contributed by atoms with Crippen LogP contribution >= 0.6 is 8.53 Å². The van der Waals surface area contributed by atoms with Gasteiger partial charge in [-0.2, -0.15) is 4.98 Å². The first-order chi connectivity index (χ1) is 18.1. The number of benzene rings is 1. The van der Waals surface area contributed by atoms with Crippen LogP contribution in [0.25, 0.3) is 4.85 Å². The lowest BCUT2D eigenvalue weighted by molar-refractivity contribution is -0.0289. The van der Waals surface area contributed by atoms with Gasteiger partial charge in [-0.3, -0.25) is 9.36 Å². The van der Waals surface area contributed by atoms with E-state index in [-0.39, 0.29) is 42.4 Å². The third kappa shape index (κ3) is 7.68. The average molecular weight is 544 g/mol. The Kier molecular flexibility index (Phi) is 11.0. The monoisotopic (exact) mass is 543 g/mol. The summed E-state index contributed by atoms with van der Waals surface area (Å²) in [6, 6.07) is 9.19. The maximum absolute atomic E-state index is 12.9. The standard InChI is InChI=1S/C27H38N5O5P/c1-18(2)32(19(3)4)38(35-14-13-28-7)36-17-23-20(5)15-24(37-23)31-16-21(6)25(30-27(31)34)29-26(33)22-11-9-8-10-12-22/h8-12,16,18-20,23-24H,13-15,17H2,1-6H3,(H,29,30,33,34)/t20-,23+,24+,38?/m0/s1. The topological polar surface area (TPSA) is 99.3 Å². The van der Waals surface area contributed by atoms with Gasteiger partial charge in [0, 0.05) is 29.4 Å². The maximum atomic E-state index is 12.9. The van der Waals surface area contributed by atoms with E-state index in [1.54, 1.807) is 37.4 Å². The summed E-state index contributed by atoms with van der Waals surface area (Å²) in [4.78, 5) is 32.9. The van der Waals surface area contributed by atoms with Crippen LogP contribution in [-0.4, -0.2) is 58.1 Å². The molecule has 1 aromatic heterocycles. The number of hydrogen-bond donors (Lipinski definition) is 1. The van der Waals surface area contributed by atoms with Gasteiger partial charge >= 0.3 is 5.69 Å². The average Bonchev–Trinajstić information content (AvgIpc) is 3.24. The van der Waals surface area contributed by atoms with Crippen molar-refractivity contribution in [1.29, 1.82) is 0 Å². The van der Waals surface area contributed by atoms with Crippen molar-refractivity contribution < 1.29 is 18.6 Å². The van der Waals surface area contributed by atoms with Gasteiger partial charge in [0.15, 0.2) is 0 Å². The van der Waals surface area contributed by atoms with Crippen LogP contribution in [0.1, 0.15) is 63.2 Å². The Morgan fingerprint density at radius 2 is 1.95 bits per heavy atom. The third-order valence-electron chi connectivity index (χ3n) is 6.25. The molecule has 1 unspecified atom stereocenters. The smallest absolute Gasteiger partial charge is 0.351 e. The second-order valence-corrected chi connectivity index (χ2v) is 11.4. The van der Waals surface area contributed by atoms with Gasteiger partial charge in [0.1, 0.15) is 18.7 Å². The predicted octanol–water partition coefficient (Wildman–Crippen LogP) is 5.03. The summed E-state index contributed by atoms with van der Waals surface area (Å²) in [5.41, 5.74) is 0.652. The highest BCUT2D eigenvalue weighted by atomic mass is 31.2. The summed E-state index contributed by atoms with van der Waals surface area (Å²) in [5.74, 6) is 0.0419. The van der Waals surface area contributed by atoms with E-state index in [0.717, 1.165) is 0 Å². The van der Waals surface area contributed by atoms with E-state index in [1.165, 1.54) is 4.57 Å². The third-order valence-corrected chi connectivity index (χ3v) is 8.33. The number of rotatable bonds is 12. The number of aromatic nitrogens is 2. The largest absolute Gasteiger partial charge is 0.352 e. The Hall–Kier alpha value is -2.67. The Morgan fingerprint density at radius 1 is 1.26 bits per heavy atom. The van der Waals surface area contributed by atoms with Crippen LogP contribution in [0.4, 0.5) is 5.82 Å². The first kappa shape index (κ1) is 29.9. The highest BCUT2D eigenvalue weighted by molar-refractivity contribution is 7.44. The molecule has 3 rings (SSSR count). The summed E-state index contributed by atoms with van der Waals surface area (Å²) >= 11 is 0. The number of ether oxygens (including phenoxy) is 1. The fraction of sp³-hybridized carbons (Fsp3) is 0.556. The van der Waals surface area contributed by atoms with Crippen LogP contribution in [0.2, 0.25) is 0 Å². The molecule has 0 radical (unpaired) electrons. The molecular weight excluding hydrogens is 505 g/mol. The number of anilines is 1. The molecular formula is C27H38N5O5P. The van der Waals surface area contributed by atoms with Crippen LogP contribution in [0.5, 0.6) is 0 Å². The van der Waals surface area contributed by atoms with Gasteiger partial charge < -0.3 is 23.9 Å².